The van der Waals surface area contributed by atoms with Crippen LogP contribution in [0.5, 0.6) is 0 Å². The minimum absolute atomic E-state index is 0.0144. The Hall–Kier alpha value is -2.99. The third kappa shape index (κ3) is 5.01. The number of imidazole rings is 1. The van der Waals surface area contributed by atoms with E-state index in [0.717, 1.165) is 53.9 Å². The third-order valence-electron chi connectivity index (χ3n) is 6.47. The van der Waals surface area contributed by atoms with E-state index in [0.29, 0.717) is 5.92 Å². The number of anilines is 2. The third-order valence-corrected chi connectivity index (χ3v) is 7.47. The van der Waals surface area contributed by atoms with Crippen molar-refractivity contribution in [3.63, 3.8) is 0 Å². The molecule has 2 aromatic carbocycles. The van der Waals surface area contributed by atoms with Crippen LogP contribution in [0.2, 0.25) is 0 Å². The summed E-state index contributed by atoms with van der Waals surface area (Å²) >= 11 is 0. The first-order valence-electron chi connectivity index (χ1n) is 11.3. The molecule has 1 saturated carbocycles. The van der Waals surface area contributed by atoms with E-state index in [1.807, 2.05) is 41.0 Å². The van der Waals surface area contributed by atoms with E-state index in [1.54, 1.807) is 12.5 Å². The van der Waals surface area contributed by atoms with Gasteiger partial charge < -0.3 is 15.1 Å². The predicted octanol–water partition coefficient (Wildman–Crippen LogP) is 5.62. The highest BCUT2D eigenvalue weighted by molar-refractivity contribution is 7.51. The van der Waals surface area contributed by atoms with Crippen LogP contribution in [0.1, 0.15) is 37.2 Å². The van der Waals surface area contributed by atoms with Crippen LogP contribution in [-0.4, -0.2) is 30.5 Å². The number of nitrogens with one attached hydrogen (secondary N) is 1. The first-order chi connectivity index (χ1) is 16.0. The van der Waals surface area contributed by atoms with Crippen LogP contribution in [0, 0.1) is 5.92 Å². The van der Waals surface area contributed by atoms with E-state index >= 15 is 0 Å². The second-order valence-corrected chi connectivity index (χ2v) is 10.5. The first-order valence-corrected chi connectivity index (χ1v) is 13.0. The van der Waals surface area contributed by atoms with Gasteiger partial charge in [-0.1, -0.05) is 30.3 Å². The van der Waals surface area contributed by atoms with E-state index in [2.05, 4.69) is 39.6 Å². The fourth-order valence-electron chi connectivity index (χ4n) is 4.81. The molecule has 1 aliphatic rings. The van der Waals surface area contributed by atoms with Gasteiger partial charge in [0.05, 0.1) is 11.8 Å². The van der Waals surface area contributed by atoms with Gasteiger partial charge in [0, 0.05) is 17.6 Å². The maximum atomic E-state index is 11.3. The van der Waals surface area contributed by atoms with Crippen molar-refractivity contribution in [3.8, 4) is 5.69 Å². The summed E-state index contributed by atoms with van der Waals surface area (Å²) in [6.07, 6.45) is 7.27. The summed E-state index contributed by atoms with van der Waals surface area (Å²) in [7, 11) is -3.92. The van der Waals surface area contributed by atoms with Gasteiger partial charge in [-0.2, -0.15) is 0 Å². The molecular formula is C25H27N4O3P. The van der Waals surface area contributed by atoms with Crippen LogP contribution >= 0.6 is 7.60 Å². The summed E-state index contributed by atoms with van der Waals surface area (Å²) in [5, 5.41) is 3.42. The molecule has 0 radical (unpaired) electrons. The molecular weight excluding hydrogens is 435 g/mol. The zero-order valence-electron chi connectivity index (χ0n) is 18.2. The molecule has 0 saturated heterocycles. The van der Waals surface area contributed by atoms with E-state index < -0.39 is 7.60 Å². The van der Waals surface area contributed by atoms with Crippen LogP contribution < -0.4 is 5.32 Å². The topological polar surface area (TPSA) is 100 Å². The summed E-state index contributed by atoms with van der Waals surface area (Å²) in [4.78, 5) is 27.7. The van der Waals surface area contributed by atoms with E-state index in [1.165, 1.54) is 5.56 Å². The minimum Gasteiger partial charge on any atom is -0.354 e. The highest BCUT2D eigenvalue weighted by atomic mass is 31.2. The smallest absolute Gasteiger partial charge is 0.325 e. The Bertz CT molecular complexity index is 1280. The molecule has 3 N–H and O–H groups in total. The number of para-hydroxylation sites is 1. The molecule has 1 fully saturated rings. The molecule has 0 unspecified atom stereocenters. The molecule has 8 heteroatoms. The lowest BCUT2D eigenvalue weighted by Crippen LogP contribution is -2.16. The van der Waals surface area contributed by atoms with Crippen LogP contribution in [0.15, 0.2) is 73.2 Å². The second-order valence-electron chi connectivity index (χ2n) is 8.79. The Morgan fingerprint density at radius 3 is 2.36 bits per heavy atom. The summed E-state index contributed by atoms with van der Waals surface area (Å²) in [5.74, 6) is 0.565. The van der Waals surface area contributed by atoms with Gasteiger partial charge >= 0.3 is 7.60 Å². The Kier molecular flexibility index (Phi) is 6.02. The van der Waals surface area contributed by atoms with E-state index in [-0.39, 0.29) is 12.1 Å². The normalized spacial score (nSPS) is 19.0. The lowest BCUT2D eigenvalue weighted by molar-refractivity contribution is 0.316. The highest BCUT2D eigenvalue weighted by Crippen LogP contribution is 2.44. The molecule has 0 bridgehead atoms. The van der Waals surface area contributed by atoms with Crippen molar-refractivity contribution >= 4 is 30.1 Å². The molecule has 1 aliphatic carbocycles. The lowest BCUT2D eigenvalue weighted by atomic mass is 9.79. The summed E-state index contributed by atoms with van der Waals surface area (Å²) in [5.41, 5.74) is 5.79. The van der Waals surface area contributed by atoms with Gasteiger partial charge in [-0.3, -0.25) is 9.13 Å². The maximum absolute atomic E-state index is 11.3. The minimum atomic E-state index is -3.92. The molecule has 33 heavy (non-hydrogen) atoms. The first kappa shape index (κ1) is 21.8. The van der Waals surface area contributed by atoms with Gasteiger partial charge in [0.25, 0.3) is 0 Å². The summed E-state index contributed by atoms with van der Waals surface area (Å²) < 4.78 is 13.3. The van der Waals surface area contributed by atoms with Gasteiger partial charge in [-0.25, -0.2) is 9.97 Å². The lowest BCUT2D eigenvalue weighted by Gasteiger charge is -2.29. The van der Waals surface area contributed by atoms with Gasteiger partial charge in [0.1, 0.15) is 11.8 Å². The van der Waals surface area contributed by atoms with E-state index in [4.69, 9.17) is 0 Å². The second kappa shape index (κ2) is 9.10. The fourth-order valence-corrected chi connectivity index (χ4v) is 5.84. The van der Waals surface area contributed by atoms with E-state index in [9.17, 15) is 14.4 Å². The Balaban J connectivity index is 1.32. The largest absolute Gasteiger partial charge is 0.354 e. The van der Waals surface area contributed by atoms with Gasteiger partial charge in [0.15, 0.2) is 5.65 Å². The number of pyridine rings is 1. The molecule has 2 heterocycles. The van der Waals surface area contributed by atoms with Crippen molar-refractivity contribution < 1.29 is 14.4 Å². The molecule has 0 amide bonds. The quantitative estimate of drug-likeness (QED) is 0.322. The number of hydrogen-bond donors (Lipinski definition) is 3. The maximum Gasteiger partial charge on any atom is 0.325 e. The molecule has 4 aromatic rings. The molecule has 170 valence electrons. The summed E-state index contributed by atoms with van der Waals surface area (Å²) in [6.45, 7) is 0. The number of rotatable bonds is 6. The SMILES string of the molecule is O=P(O)(O)CC1CCC(c2ccc(-n3cnc4c(Nc5ccccc5)ccnc43)cc2)CC1. The van der Waals surface area contributed by atoms with Crippen molar-refractivity contribution in [2.75, 3.05) is 11.5 Å². The Morgan fingerprint density at radius 2 is 1.67 bits per heavy atom. The van der Waals surface area contributed by atoms with Crippen molar-refractivity contribution in [1.82, 2.24) is 14.5 Å². The number of nitrogens with zero attached hydrogens (tertiary/aromatic N) is 3. The van der Waals surface area contributed by atoms with Crippen LogP contribution in [0.3, 0.4) is 0 Å². The Morgan fingerprint density at radius 1 is 0.939 bits per heavy atom. The van der Waals surface area contributed by atoms with Crippen LogP contribution in [-0.2, 0) is 4.57 Å². The van der Waals surface area contributed by atoms with Crippen LogP contribution in [0.4, 0.5) is 11.4 Å². The molecule has 0 atom stereocenters. The van der Waals surface area contributed by atoms with Gasteiger partial charge in [-0.05, 0) is 73.4 Å². The molecule has 0 aliphatic heterocycles. The molecule has 7 nitrogen and oxygen atoms in total. The number of benzene rings is 2. The average molecular weight is 462 g/mol. The van der Waals surface area contributed by atoms with Gasteiger partial charge in [-0.15, -0.1) is 0 Å². The van der Waals surface area contributed by atoms with Crippen LogP contribution in [0.25, 0.3) is 16.9 Å². The molecule has 5 rings (SSSR count). The zero-order chi connectivity index (χ0) is 22.8. The average Bonchev–Trinajstić information content (AvgIpc) is 3.25. The number of fused-ring (bicyclic) bond motifs is 1. The van der Waals surface area contributed by atoms with Gasteiger partial charge in [0.2, 0.25) is 0 Å². The van der Waals surface area contributed by atoms with Crippen molar-refractivity contribution in [2.45, 2.75) is 31.6 Å². The Labute approximate surface area is 192 Å². The molecule has 2 aromatic heterocycles. The molecule has 0 spiro atoms. The zero-order valence-corrected chi connectivity index (χ0v) is 19.1. The predicted molar refractivity (Wildman–Crippen MR) is 130 cm³/mol. The van der Waals surface area contributed by atoms with Crippen molar-refractivity contribution in [2.24, 2.45) is 5.92 Å². The number of hydrogen-bond acceptors (Lipinski definition) is 4. The summed E-state index contributed by atoms with van der Waals surface area (Å²) in [6, 6.07) is 20.4. The standard InChI is InChI=1S/C25H27N4O3P/c30-33(31,32)16-18-6-8-19(9-7-18)20-10-12-22(13-11-20)29-17-27-24-23(14-15-26-25(24)29)28-21-4-2-1-3-5-21/h1-5,10-15,17-19H,6-9,16H2,(H,26,28)(H2,30,31,32). The number of aromatic nitrogens is 3. The monoisotopic (exact) mass is 462 g/mol. The van der Waals surface area contributed by atoms with Crippen molar-refractivity contribution in [1.29, 1.82) is 0 Å². The van der Waals surface area contributed by atoms with Crippen molar-refractivity contribution in [3.05, 3.63) is 78.8 Å². The fraction of sp³-hybridized carbons (Fsp3) is 0.280. The highest BCUT2D eigenvalue weighted by Gasteiger charge is 2.27.